The summed E-state index contributed by atoms with van der Waals surface area (Å²) in [6.07, 6.45) is 1.05. The SMILES string of the molecule is Cc1cccc(N(CC(=O)N(Cc2ccc(Cl)c(Cl)c2)[C@H](C)C(=O)NCC(C)C)S(C)(=O)=O)c1. The third-order valence-corrected chi connectivity index (χ3v) is 7.04. The molecule has 2 aromatic rings. The fourth-order valence-corrected chi connectivity index (χ4v) is 4.43. The van der Waals surface area contributed by atoms with Gasteiger partial charge in [-0.15, -0.1) is 0 Å². The summed E-state index contributed by atoms with van der Waals surface area (Å²) in [5.74, 6) is -0.619. The zero-order chi connectivity index (χ0) is 25.6. The highest BCUT2D eigenvalue weighted by atomic mass is 35.5. The van der Waals surface area contributed by atoms with Crippen molar-refractivity contribution in [3.63, 3.8) is 0 Å². The second-order valence-corrected chi connectivity index (χ2v) is 11.4. The number of carbonyl (C=O) groups excluding carboxylic acids is 2. The van der Waals surface area contributed by atoms with E-state index in [1.807, 2.05) is 26.8 Å². The Hall–Kier alpha value is -2.29. The van der Waals surface area contributed by atoms with E-state index in [0.29, 0.717) is 27.8 Å². The van der Waals surface area contributed by atoms with Crippen LogP contribution in [0.25, 0.3) is 0 Å². The molecule has 34 heavy (non-hydrogen) atoms. The van der Waals surface area contributed by atoms with Gasteiger partial charge in [0, 0.05) is 13.1 Å². The van der Waals surface area contributed by atoms with E-state index in [4.69, 9.17) is 23.2 Å². The summed E-state index contributed by atoms with van der Waals surface area (Å²) in [7, 11) is -3.77. The van der Waals surface area contributed by atoms with E-state index in [9.17, 15) is 18.0 Å². The first-order chi connectivity index (χ1) is 15.8. The van der Waals surface area contributed by atoms with Gasteiger partial charge >= 0.3 is 0 Å². The van der Waals surface area contributed by atoms with Crippen LogP contribution in [0.3, 0.4) is 0 Å². The molecule has 0 unspecified atom stereocenters. The van der Waals surface area contributed by atoms with Crippen molar-refractivity contribution >= 4 is 50.7 Å². The number of hydrogen-bond donors (Lipinski definition) is 1. The summed E-state index contributed by atoms with van der Waals surface area (Å²) < 4.78 is 26.2. The van der Waals surface area contributed by atoms with Gasteiger partial charge < -0.3 is 10.2 Å². The molecule has 186 valence electrons. The molecule has 0 bridgehead atoms. The number of nitrogens with zero attached hydrogens (tertiary/aromatic N) is 2. The number of rotatable bonds is 10. The van der Waals surface area contributed by atoms with Crippen molar-refractivity contribution in [2.24, 2.45) is 5.92 Å². The third kappa shape index (κ3) is 7.89. The molecule has 0 heterocycles. The number of aryl methyl sites for hydroxylation is 1. The van der Waals surface area contributed by atoms with Crippen LogP contribution in [0.2, 0.25) is 10.0 Å². The largest absolute Gasteiger partial charge is 0.354 e. The van der Waals surface area contributed by atoms with E-state index in [1.165, 1.54) is 4.90 Å². The molecule has 0 aliphatic carbocycles. The van der Waals surface area contributed by atoms with Gasteiger partial charge in [0.2, 0.25) is 21.8 Å². The Kier molecular flexibility index (Phi) is 9.79. The number of hydrogen-bond acceptors (Lipinski definition) is 4. The van der Waals surface area contributed by atoms with Gasteiger partial charge in [-0.25, -0.2) is 8.42 Å². The molecule has 0 aromatic heterocycles. The number of carbonyl (C=O) groups is 2. The van der Waals surface area contributed by atoms with Crippen LogP contribution in [-0.2, 0) is 26.2 Å². The molecule has 0 spiro atoms. The molecular formula is C24H31Cl2N3O4S. The molecule has 0 aliphatic heterocycles. The number of nitrogens with one attached hydrogen (secondary N) is 1. The first-order valence-electron chi connectivity index (χ1n) is 10.8. The molecule has 0 radical (unpaired) electrons. The lowest BCUT2D eigenvalue weighted by Crippen LogP contribution is -2.51. The van der Waals surface area contributed by atoms with E-state index in [1.54, 1.807) is 43.3 Å². The monoisotopic (exact) mass is 527 g/mol. The highest BCUT2D eigenvalue weighted by Crippen LogP contribution is 2.24. The Morgan fingerprint density at radius 1 is 1.03 bits per heavy atom. The fourth-order valence-electron chi connectivity index (χ4n) is 3.27. The van der Waals surface area contributed by atoms with E-state index in [0.717, 1.165) is 16.1 Å². The third-order valence-electron chi connectivity index (χ3n) is 5.16. The van der Waals surface area contributed by atoms with Gasteiger partial charge in [-0.1, -0.05) is 55.2 Å². The fraction of sp³-hybridized carbons (Fsp3) is 0.417. The second kappa shape index (κ2) is 11.9. The molecule has 1 N–H and O–H groups in total. The number of benzene rings is 2. The van der Waals surface area contributed by atoms with Crippen LogP contribution in [0.5, 0.6) is 0 Å². The van der Waals surface area contributed by atoms with Gasteiger partial charge in [-0.3, -0.25) is 13.9 Å². The molecule has 7 nitrogen and oxygen atoms in total. The summed E-state index contributed by atoms with van der Waals surface area (Å²) in [5, 5.41) is 3.52. The van der Waals surface area contributed by atoms with Crippen LogP contribution in [0, 0.1) is 12.8 Å². The number of sulfonamides is 1. The Balaban J connectivity index is 2.39. The van der Waals surface area contributed by atoms with E-state index in [2.05, 4.69) is 5.32 Å². The van der Waals surface area contributed by atoms with Gasteiger partial charge in [-0.05, 0) is 55.2 Å². The van der Waals surface area contributed by atoms with Gasteiger partial charge in [0.1, 0.15) is 12.6 Å². The molecule has 0 saturated heterocycles. The average molecular weight is 529 g/mol. The van der Waals surface area contributed by atoms with Crippen LogP contribution in [0.4, 0.5) is 5.69 Å². The highest BCUT2D eigenvalue weighted by Gasteiger charge is 2.30. The van der Waals surface area contributed by atoms with E-state index < -0.39 is 28.5 Å². The zero-order valence-electron chi connectivity index (χ0n) is 20.0. The van der Waals surface area contributed by atoms with Crippen LogP contribution in [0.1, 0.15) is 31.9 Å². The number of halogens is 2. The Labute approximate surface area is 212 Å². The highest BCUT2D eigenvalue weighted by molar-refractivity contribution is 7.92. The zero-order valence-corrected chi connectivity index (χ0v) is 22.3. The quantitative estimate of drug-likeness (QED) is 0.500. The lowest BCUT2D eigenvalue weighted by atomic mass is 10.1. The maximum atomic E-state index is 13.5. The molecule has 2 amide bonds. The van der Waals surface area contributed by atoms with Crippen molar-refractivity contribution in [2.45, 2.75) is 40.3 Å². The summed E-state index contributed by atoms with van der Waals surface area (Å²) >= 11 is 12.2. The minimum atomic E-state index is -3.77. The van der Waals surface area contributed by atoms with Gasteiger partial charge in [-0.2, -0.15) is 0 Å². The molecule has 2 aromatic carbocycles. The van der Waals surface area contributed by atoms with Crippen molar-refractivity contribution in [1.29, 1.82) is 0 Å². The summed E-state index contributed by atoms with van der Waals surface area (Å²) in [6.45, 7) is 7.44. The van der Waals surface area contributed by atoms with Crippen LogP contribution in [0.15, 0.2) is 42.5 Å². The molecular weight excluding hydrogens is 497 g/mol. The van der Waals surface area contributed by atoms with Crippen molar-refractivity contribution in [2.75, 3.05) is 23.7 Å². The van der Waals surface area contributed by atoms with Crippen LogP contribution in [-0.4, -0.2) is 50.5 Å². The molecule has 0 aliphatic rings. The second-order valence-electron chi connectivity index (χ2n) is 8.69. The normalized spacial score (nSPS) is 12.4. The first kappa shape index (κ1) is 28.0. The average Bonchev–Trinajstić information content (AvgIpc) is 2.75. The Morgan fingerprint density at radius 3 is 2.26 bits per heavy atom. The summed E-state index contributed by atoms with van der Waals surface area (Å²) in [4.78, 5) is 27.6. The number of anilines is 1. The summed E-state index contributed by atoms with van der Waals surface area (Å²) in [5.41, 5.74) is 1.89. The predicted octanol–water partition coefficient (Wildman–Crippen LogP) is 4.26. The molecule has 10 heteroatoms. The Morgan fingerprint density at radius 2 is 1.71 bits per heavy atom. The molecule has 1 atom stereocenters. The van der Waals surface area contributed by atoms with Crippen molar-refractivity contribution in [3.8, 4) is 0 Å². The Bertz CT molecular complexity index is 1140. The minimum absolute atomic E-state index is 0.0530. The predicted molar refractivity (Wildman–Crippen MR) is 138 cm³/mol. The van der Waals surface area contributed by atoms with Gasteiger partial charge in [0.25, 0.3) is 0 Å². The first-order valence-corrected chi connectivity index (χ1v) is 13.5. The van der Waals surface area contributed by atoms with E-state index in [-0.39, 0.29) is 18.4 Å². The minimum Gasteiger partial charge on any atom is -0.354 e. The van der Waals surface area contributed by atoms with E-state index >= 15 is 0 Å². The maximum absolute atomic E-state index is 13.5. The van der Waals surface area contributed by atoms with Crippen LogP contribution < -0.4 is 9.62 Å². The summed E-state index contributed by atoms with van der Waals surface area (Å²) in [6, 6.07) is 11.0. The topological polar surface area (TPSA) is 86.8 Å². The molecule has 0 saturated carbocycles. The maximum Gasteiger partial charge on any atom is 0.244 e. The van der Waals surface area contributed by atoms with Gasteiger partial charge in [0.15, 0.2) is 0 Å². The lowest BCUT2D eigenvalue weighted by molar-refractivity contribution is -0.139. The van der Waals surface area contributed by atoms with Crippen molar-refractivity contribution < 1.29 is 18.0 Å². The van der Waals surface area contributed by atoms with Crippen LogP contribution >= 0.6 is 23.2 Å². The van der Waals surface area contributed by atoms with Crippen molar-refractivity contribution in [1.82, 2.24) is 10.2 Å². The smallest absolute Gasteiger partial charge is 0.244 e. The molecule has 2 rings (SSSR count). The molecule has 0 fully saturated rings. The van der Waals surface area contributed by atoms with Gasteiger partial charge in [0.05, 0.1) is 22.0 Å². The lowest BCUT2D eigenvalue weighted by Gasteiger charge is -2.31. The standard InChI is InChI=1S/C24H31Cl2N3O4S/c1-16(2)13-27-24(31)18(4)28(14-19-9-10-21(25)22(26)12-19)23(30)15-29(34(5,32)33)20-8-6-7-17(3)11-20/h6-12,16,18H,13-15H2,1-5H3,(H,27,31)/t18-/m1/s1. The van der Waals surface area contributed by atoms with Crippen molar-refractivity contribution in [3.05, 3.63) is 63.6 Å². The number of amides is 2.